The molecule has 1 aliphatic rings. The van der Waals surface area contributed by atoms with Gasteiger partial charge in [0.05, 0.1) is 17.9 Å². The monoisotopic (exact) mass is 391 g/mol. The number of Topliss-reactive ketones (excluding diaryl/α,β-unsaturated/α-hetero) is 2. The number of carbonyl (C=O) groups is 2. The van der Waals surface area contributed by atoms with Crippen molar-refractivity contribution in [2.75, 3.05) is 0 Å². The fourth-order valence-corrected chi connectivity index (χ4v) is 3.71. The molecule has 1 aliphatic carbocycles. The predicted octanol–water partition coefficient (Wildman–Crippen LogP) is 5.39. The van der Waals surface area contributed by atoms with Crippen molar-refractivity contribution in [2.45, 2.75) is 53.1 Å². The summed E-state index contributed by atoms with van der Waals surface area (Å²) in [5.41, 5.74) is 6.89. The van der Waals surface area contributed by atoms with Crippen LogP contribution < -0.4 is 5.48 Å². The van der Waals surface area contributed by atoms with E-state index in [-0.39, 0.29) is 17.0 Å². The lowest BCUT2D eigenvalue weighted by Crippen LogP contribution is -2.34. The third-order valence-electron chi connectivity index (χ3n) is 5.13. The molecule has 3 rings (SSSR count). The normalized spacial score (nSPS) is 16.0. The van der Waals surface area contributed by atoms with Gasteiger partial charge in [0.1, 0.15) is 0 Å². The van der Waals surface area contributed by atoms with Crippen molar-refractivity contribution in [3.8, 4) is 11.1 Å². The summed E-state index contributed by atoms with van der Waals surface area (Å²) in [5, 5.41) is 0. The highest BCUT2D eigenvalue weighted by molar-refractivity contribution is 6.22. The molecule has 0 aliphatic heterocycles. The number of hydrogen-bond donors (Lipinski definition) is 1. The van der Waals surface area contributed by atoms with Crippen molar-refractivity contribution >= 4 is 11.6 Å². The van der Waals surface area contributed by atoms with Crippen LogP contribution in [0.2, 0.25) is 0 Å². The minimum Gasteiger partial charge on any atom is -0.294 e. The van der Waals surface area contributed by atoms with Crippen LogP contribution in [0.4, 0.5) is 0 Å². The number of benzene rings is 2. The fraction of sp³-hybridized carbons (Fsp3) is 0.360. The Balaban J connectivity index is 1.65. The third kappa shape index (κ3) is 5.42. The maximum atomic E-state index is 12.6. The molecule has 4 nitrogen and oxygen atoms in total. The van der Waals surface area contributed by atoms with E-state index in [0.717, 1.165) is 17.5 Å². The summed E-state index contributed by atoms with van der Waals surface area (Å²) in [5.74, 6) is -0.170. The van der Waals surface area contributed by atoms with Crippen LogP contribution in [0.5, 0.6) is 0 Å². The zero-order chi connectivity index (χ0) is 20.9. The second kappa shape index (κ2) is 9.19. The predicted molar refractivity (Wildman–Crippen MR) is 115 cm³/mol. The molecule has 0 atom stereocenters. The van der Waals surface area contributed by atoms with Gasteiger partial charge in [-0.2, -0.15) is 0 Å². The summed E-state index contributed by atoms with van der Waals surface area (Å²) in [6, 6.07) is 18.4. The molecule has 29 heavy (non-hydrogen) atoms. The van der Waals surface area contributed by atoms with E-state index < -0.39 is 0 Å². The maximum absolute atomic E-state index is 12.6. The van der Waals surface area contributed by atoms with Crippen LogP contribution in [0, 0.1) is 5.41 Å². The SMILES string of the molecule is CCCC(NOCc1ccc(-c2ccccc2)cc1)=C1C(=O)CC(C)(C)CC1=O. The first-order chi connectivity index (χ1) is 13.9. The smallest absolute Gasteiger partial charge is 0.168 e. The standard InChI is InChI=1S/C25H29NO3/c1-4-8-21(24-22(27)15-25(2,3)16-23(24)28)26-29-17-18-11-13-20(14-12-18)19-9-6-5-7-10-19/h5-7,9-14,26H,4,8,15-17H2,1-3H3. The molecule has 0 bridgehead atoms. The minimum atomic E-state index is -0.268. The second-order valence-corrected chi connectivity index (χ2v) is 8.42. The van der Waals surface area contributed by atoms with Crippen LogP contribution >= 0.6 is 0 Å². The highest BCUT2D eigenvalue weighted by atomic mass is 16.6. The number of rotatable bonds is 7. The molecule has 0 unspecified atom stereocenters. The average molecular weight is 392 g/mol. The zero-order valence-electron chi connectivity index (χ0n) is 17.5. The van der Waals surface area contributed by atoms with Crippen molar-refractivity contribution < 1.29 is 14.4 Å². The van der Waals surface area contributed by atoms with Crippen LogP contribution in [0.3, 0.4) is 0 Å². The van der Waals surface area contributed by atoms with Crippen molar-refractivity contribution in [2.24, 2.45) is 5.41 Å². The van der Waals surface area contributed by atoms with Gasteiger partial charge >= 0.3 is 0 Å². The van der Waals surface area contributed by atoms with E-state index >= 15 is 0 Å². The summed E-state index contributed by atoms with van der Waals surface area (Å²) in [6.07, 6.45) is 2.22. The van der Waals surface area contributed by atoms with Gasteiger partial charge in [-0.25, -0.2) is 0 Å². The van der Waals surface area contributed by atoms with Gasteiger partial charge in [-0.3, -0.25) is 19.9 Å². The van der Waals surface area contributed by atoms with E-state index in [0.29, 0.717) is 37.1 Å². The Morgan fingerprint density at radius 3 is 2.10 bits per heavy atom. The van der Waals surface area contributed by atoms with Crippen LogP contribution in [0.1, 0.15) is 52.0 Å². The van der Waals surface area contributed by atoms with Gasteiger partial charge in [0, 0.05) is 12.8 Å². The first-order valence-electron chi connectivity index (χ1n) is 10.2. The van der Waals surface area contributed by atoms with Gasteiger partial charge in [-0.15, -0.1) is 0 Å². The number of ketones is 2. The van der Waals surface area contributed by atoms with Gasteiger partial charge in [-0.05, 0) is 28.5 Å². The molecule has 1 fully saturated rings. The van der Waals surface area contributed by atoms with Crippen LogP contribution in [-0.4, -0.2) is 11.6 Å². The molecule has 1 saturated carbocycles. The molecular weight excluding hydrogens is 362 g/mol. The maximum Gasteiger partial charge on any atom is 0.168 e. The van der Waals surface area contributed by atoms with Gasteiger partial charge in [0.15, 0.2) is 11.6 Å². The molecule has 0 aromatic heterocycles. The van der Waals surface area contributed by atoms with Crippen LogP contribution in [0.25, 0.3) is 11.1 Å². The Bertz CT molecular complexity index is 873. The van der Waals surface area contributed by atoms with E-state index in [1.54, 1.807) is 0 Å². The van der Waals surface area contributed by atoms with Gasteiger partial charge in [0.25, 0.3) is 0 Å². The number of nitrogens with one attached hydrogen (secondary N) is 1. The molecule has 152 valence electrons. The lowest BCUT2D eigenvalue weighted by Gasteiger charge is -2.29. The number of carbonyl (C=O) groups excluding carboxylic acids is 2. The lowest BCUT2D eigenvalue weighted by atomic mass is 9.73. The van der Waals surface area contributed by atoms with Gasteiger partial charge in [-0.1, -0.05) is 81.8 Å². The topological polar surface area (TPSA) is 55.4 Å². The number of hydroxylamine groups is 1. The Morgan fingerprint density at radius 1 is 0.931 bits per heavy atom. The lowest BCUT2D eigenvalue weighted by molar-refractivity contribution is -0.127. The Kier molecular flexibility index (Phi) is 6.65. The third-order valence-corrected chi connectivity index (χ3v) is 5.13. The summed E-state index contributed by atoms with van der Waals surface area (Å²) in [6.45, 7) is 6.29. The van der Waals surface area contributed by atoms with E-state index in [2.05, 4.69) is 29.7 Å². The quantitative estimate of drug-likeness (QED) is 0.391. The van der Waals surface area contributed by atoms with Crippen molar-refractivity contribution in [3.63, 3.8) is 0 Å². The second-order valence-electron chi connectivity index (χ2n) is 8.42. The van der Waals surface area contributed by atoms with E-state index in [1.807, 2.05) is 51.1 Å². The summed E-state index contributed by atoms with van der Waals surface area (Å²) in [4.78, 5) is 30.8. The van der Waals surface area contributed by atoms with Crippen molar-refractivity contribution in [1.29, 1.82) is 0 Å². The molecule has 2 aromatic rings. The van der Waals surface area contributed by atoms with Crippen molar-refractivity contribution in [3.05, 3.63) is 71.4 Å². The number of hydrogen-bond acceptors (Lipinski definition) is 4. The average Bonchev–Trinajstić information content (AvgIpc) is 2.68. The first kappa shape index (κ1) is 21.0. The highest BCUT2D eigenvalue weighted by Crippen LogP contribution is 2.35. The van der Waals surface area contributed by atoms with Gasteiger partial charge in [0.2, 0.25) is 0 Å². The molecule has 0 amide bonds. The van der Waals surface area contributed by atoms with Crippen LogP contribution in [0.15, 0.2) is 65.9 Å². The van der Waals surface area contributed by atoms with Crippen LogP contribution in [-0.2, 0) is 21.0 Å². The molecular formula is C25H29NO3. The molecule has 0 spiro atoms. The first-order valence-corrected chi connectivity index (χ1v) is 10.2. The molecule has 0 saturated heterocycles. The summed E-state index contributed by atoms with van der Waals surface area (Å²) < 4.78 is 0. The number of allylic oxidation sites excluding steroid dienone is 2. The Morgan fingerprint density at radius 2 is 1.52 bits per heavy atom. The molecule has 0 radical (unpaired) electrons. The minimum absolute atomic E-state index is 0.0852. The van der Waals surface area contributed by atoms with E-state index in [4.69, 9.17) is 4.84 Å². The fourth-order valence-electron chi connectivity index (χ4n) is 3.71. The molecule has 4 heteroatoms. The Hall–Kier alpha value is -2.72. The highest BCUT2D eigenvalue weighted by Gasteiger charge is 2.37. The summed E-state index contributed by atoms with van der Waals surface area (Å²) in [7, 11) is 0. The van der Waals surface area contributed by atoms with E-state index in [1.165, 1.54) is 5.56 Å². The largest absolute Gasteiger partial charge is 0.294 e. The Labute approximate surface area is 172 Å². The summed E-state index contributed by atoms with van der Waals surface area (Å²) >= 11 is 0. The van der Waals surface area contributed by atoms with Gasteiger partial charge < -0.3 is 0 Å². The molecule has 1 N–H and O–H groups in total. The van der Waals surface area contributed by atoms with Crippen molar-refractivity contribution in [1.82, 2.24) is 5.48 Å². The zero-order valence-corrected chi connectivity index (χ0v) is 17.5. The van der Waals surface area contributed by atoms with E-state index in [9.17, 15) is 9.59 Å². The molecule has 0 heterocycles. The molecule has 2 aromatic carbocycles.